The molecule has 0 aliphatic carbocycles. The van der Waals surface area contributed by atoms with Gasteiger partial charge in [-0.2, -0.15) is 0 Å². The molecule has 6 nitrogen and oxygen atoms in total. The molecule has 2 heterocycles. The number of carbonyl (C=O) groups is 2. The first-order valence-corrected chi connectivity index (χ1v) is 7.87. The fourth-order valence-electron chi connectivity index (χ4n) is 2.67. The Morgan fingerprint density at radius 1 is 1.39 bits per heavy atom. The normalized spacial score (nSPS) is 36.3. The van der Waals surface area contributed by atoms with E-state index in [0.29, 0.717) is 13.0 Å². The summed E-state index contributed by atoms with van der Waals surface area (Å²) < 4.78 is 23.2. The number of nitrogens with zero attached hydrogens (tertiary/aromatic N) is 1. The van der Waals surface area contributed by atoms with Crippen molar-refractivity contribution in [2.75, 3.05) is 18.1 Å². The molecule has 2 rings (SSSR count). The molecule has 102 valence electrons. The van der Waals surface area contributed by atoms with Crippen molar-refractivity contribution >= 4 is 21.7 Å². The van der Waals surface area contributed by atoms with Gasteiger partial charge in [-0.3, -0.25) is 9.59 Å². The van der Waals surface area contributed by atoms with E-state index >= 15 is 0 Å². The molecule has 7 heteroatoms. The van der Waals surface area contributed by atoms with E-state index in [4.69, 9.17) is 0 Å². The first kappa shape index (κ1) is 13.3. The van der Waals surface area contributed by atoms with E-state index in [-0.39, 0.29) is 29.7 Å². The van der Waals surface area contributed by atoms with Gasteiger partial charge in [0.15, 0.2) is 9.84 Å². The third-order valence-corrected chi connectivity index (χ3v) is 5.60. The Hall–Kier alpha value is -1.11. The van der Waals surface area contributed by atoms with Crippen LogP contribution in [-0.2, 0) is 19.4 Å². The number of nitrogens with one attached hydrogen (secondary N) is 1. The Bertz CT molecular complexity index is 487. The minimum absolute atomic E-state index is 0.00729. The second-order valence-corrected chi connectivity index (χ2v) is 7.55. The maximum atomic E-state index is 12.2. The van der Waals surface area contributed by atoms with E-state index in [2.05, 4.69) is 5.32 Å². The van der Waals surface area contributed by atoms with Crippen molar-refractivity contribution < 1.29 is 18.0 Å². The van der Waals surface area contributed by atoms with Crippen molar-refractivity contribution in [1.82, 2.24) is 10.2 Å². The molecule has 0 aromatic rings. The molecular formula is C11H18N2O4S. The third-order valence-electron chi connectivity index (χ3n) is 3.71. The zero-order valence-corrected chi connectivity index (χ0v) is 11.4. The lowest BCUT2D eigenvalue weighted by atomic mass is 9.98. The molecule has 2 atom stereocenters. The number of amides is 2. The van der Waals surface area contributed by atoms with Crippen molar-refractivity contribution in [1.29, 1.82) is 0 Å². The van der Waals surface area contributed by atoms with Crippen molar-refractivity contribution in [2.45, 2.75) is 38.3 Å². The summed E-state index contributed by atoms with van der Waals surface area (Å²) in [6.45, 7) is 3.71. The molecule has 1 N–H and O–H groups in total. The summed E-state index contributed by atoms with van der Waals surface area (Å²) in [5.74, 6) is -0.251. The van der Waals surface area contributed by atoms with Gasteiger partial charge in [-0.1, -0.05) is 0 Å². The number of hydrogen-bond acceptors (Lipinski definition) is 4. The minimum atomic E-state index is -3.07. The quantitative estimate of drug-likeness (QED) is 0.685. The van der Waals surface area contributed by atoms with E-state index < -0.39 is 21.4 Å². The van der Waals surface area contributed by atoms with Crippen LogP contribution in [-0.4, -0.2) is 54.8 Å². The van der Waals surface area contributed by atoms with Crippen LogP contribution in [0.3, 0.4) is 0 Å². The summed E-state index contributed by atoms with van der Waals surface area (Å²) in [6.07, 6.45) is 0.674. The lowest BCUT2D eigenvalue weighted by molar-refractivity contribution is -0.137. The topological polar surface area (TPSA) is 83.6 Å². The van der Waals surface area contributed by atoms with Gasteiger partial charge in [0, 0.05) is 13.0 Å². The van der Waals surface area contributed by atoms with Gasteiger partial charge in [-0.15, -0.1) is 0 Å². The Balaban J connectivity index is 2.26. The van der Waals surface area contributed by atoms with Crippen LogP contribution in [0, 0.1) is 0 Å². The summed E-state index contributed by atoms with van der Waals surface area (Å²) in [7, 11) is -3.07. The first-order chi connectivity index (χ1) is 8.23. The van der Waals surface area contributed by atoms with Crippen LogP contribution in [0.4, 0.5) is 0 Å². The van der Waals surface area contributed by atoms with Crippen molar-refractivity contribution in [3.8, 4) is 0 Å². The van der Waals surface area contributed by atoms with Gasteiger partial charge in [-0.25, -0.2) is 8.42 Å². The summed E-state index contributed by atoms with van der Waals surface area (Å²) in [4.78, 5) is 25.2. The lowest BCUT2D eigenvalue weighted by Gasteiger charge is -2.37. The molecule has 2 aliphatic heterocycles. The van der Waals surface area contributed by atoms with Gasteiger partial charge in [0.05, 0.1) is 17.0 Å². The summed E-state index contributed by atoms with van der Waals surface area (Å²) in [6, 6.07) is -0.583. The molecule has 18 heavy (non-hydrogen) atoms. The standard InChI is InChI=1S/C11H18N2O4S/c1-8-10(15)13(5-3-9(14)12-8)11(2)4-6-18(16,17)7-11/h8H,3-7H2,1-2H3,(H,12,14). The van der Waals surface area contributed by atoms with Crippen LogP contribution in [0.1, 0.15) is 26.7 Å². The maximum absolute atomic E-state index is 12.2. The van der Waals surface area contributed by atoms with E-state index in [0.717, 1.165) is 0 Å². The molecule has 0 saturated carbocycles. The molecule has 2 aliphatic rings. The maximum Gasteiger partial charge on any atom is 0.245 e. The van der Waals surface area contributed by atoms with Crippen LogP contribution < -0.4 is 5.32 Å². The summed E-state index contributed by atoms with van der Waals surface area (Å²) in [5, 5.41) is 2.60. The molecule has 2 unspecified atom stereocenters. The van der Waals surface area contributed by atoms with Crippen molar-refractivity contribution in [3.05, 3.63) is 0 Å². The van der Waals surface area contributed by atoms with Crippen LogP contribution in [0.2, 0.25) is 0 Å². The average Bonchev–Trinajstić information content (AvgIpc) is 2.45. The molecule has 2 amide bonds. The average molecular weight is 274 g/mol. The Labute approximate surface area is 107 Å². The molecule has 0 bridgehead atoms. The fraction of sp³-hybridized carbons (Fsp3) is 0.818. The van der Waals surface area contributed by atoms with Gasteiger partial charge in [0.1, 0.15) is 6.04 Å². The zero-order valence-electron chi connectivity index (χ0n) is 10.6. The number of rotatable bonds is 1. The van der Waals surface area contributed by atoms with Crippen molar-refractivity contribution in [2.24, 2.45) is 0 Å². The molecule has 0 aromatic heterocycles. The van der Waals surface area contributed by atoms with Crippen LogP contribution >= 0.6 is 0 Å². The van der Waals surface area contributed by atoms with Gasteiger partial charge >= 0.3 is 0 Å². The first-order valence-electron chi connectivity index (χ1n) is 6.05. The third kappa shape index (κ3) is 2.36. The Morgan fingerprint density at radius 2 is 2.06 bits per heavy atom. The lowest BCUT2D eigenvalue weighted by Crippen LogP contribution is -2.54. The van der Waals surface area contributed by atoms with Gasteiger partial charge in [0.25, 0.3) is 0 Å². The fourth-order valence-corrected chi connectivity index (χ4v) is 4.82. The second kappa shape index (κ2) is 4.22. The Kier molecular flexibility index (Phi) is 3.12. The van der Waals surface area contributed by atoms with E-state index in [9.17, 15) is 18.0 Å². The molecule has 0 radical (unpaired) electrons. The monoisotopic (exact) mass is 274 g/mol. The molecule has 2 saturated heterocycles. The summed E-state index contributed by atoms with van der Waals surface area (Å²) >= 11 is 0. The van der Waals surface area contributed by atoms with Crippen LogP contribution in [0.25, 0.3) is 0 Å². The highest BCUT2D eigenvalue weighted by molar-refractivity contribution is 7.91. The highest BCUT2D eigenvalue weighted by Crippen LogP contribution is 2.30. The minimum Gasteiger partial charge on any atom is -0.345 e. The van der Waals surface area contributed by atoms with Crippen LogP contribution in [0.15, 0.2) is 0 Å². The van der Waals surface area contributed by atoms with Crippen LogP contribution in [0.5, 0.6) is 0 Å². The number of carbonyl (C=O) groups excluding carboxylic acids is 2. The largest absolute Gasteiger partial charge is 0.345 e. The molecule has 2 fully saturated rings. The SMILES string of the molecule is CC1NC(=O)CCN(C2(C)CCS(=O)(=O)C2)C1=O. The highest BCUT2D eigenvalue weighted by atomic mass is 32.2. The molecular weight excluding hydrogens is 256 g/mol. The predicted molar refractivity (Wildman–Crippen MR) is 65.6 cm³/mol. The second-order valence-electron chi connectivity index (χ2n) is 5.37. The number of hydrogen-bond donors (Lipinski definition) is 1. The van der Waals surface area contributed by atoms with E-state index in [1.807, 2.05) is 0 Å². The smallest absolute Gasteiger partial charge is 0.245 e. The predicted octanol–water partition coefficient (Wildman–Crippen LogP) is -0.699. The van der Waals surface area contributed by atoms with Gasteiger partial charge in [-0.05, 0) is 20.3 Å². The van der Waals surface area contributed by atoms with Gasteiger partial charge in [0.2, 0.25) is 11.8 Å². The van der Waals surface area contributed by atoms with E-state index in [1.54, 1.807) is 18.7 Å². The van der Waals surface area contributed by atoms with Crippen molar-refractivity contribution in [3.63, 3.8) is 0 Å². The van der Waals surface area contributed by atoms with E-state index in [1.165, 1.54) is 0 Å². The van der Waals surface area contributed by atoms with Gasteiger partial charge < -0.3 is 10.2 Å². The Morgan fingerprint density at radius 3 is 2.61 bits per heavy atom. The zero-order chi connectivity index (χ0) is 13.6. The highest BCUT2D eigenvalue weighted by Gasteiger charge is 2.46. The summed E-state index contributed by atoms with van der Waals surface area (Å²) in [5.41, 5.74) is -0.670. The number of sulfone groups is 1. The molecule has 0 spiro atoms. The molecule has 0 aromatic carbocycles.